The van der Waals surface area contributed by atoms with Crippen molar-refractivity contribution < 1.29 is 0 Å². The summed E-state index contributed by atoms with van der Waals surface area (Å²) in [5.74, 6) is 3.02. The van der Waals surface area contributed by atoms with Crippen molar-refractivity contribution in [3.05, 3.63) is 0 Å². The first-order valence-electron chi connectivity index (χ1n) is 6.00. The third-order valence-corrected chi connectivity index (χ3v) is 3.95. The van der Waals surface area contributed by atoms with Crippen LogP contribution in [0.3, 0.4) is 0 Å². The third-order valence-electron chi connectivity index (χ3n) is 3.95. The van der Waals surface area contributed by atoms with Crippen molar-refractivity contribution in [1.82, 2.24) is 4.90 Å². The second kappa shape index (κ2) is 4.00. The van der Waals surface area contributed by atoms with Crippen LogP contribution in [0.25, 0.3) is 0 Å². The molecule has 0 radical (unpaired) electrons. The van der Waals surface area contributed by atoms with E-state index in [4.69, 9.17) is 0 Å². The molecular formula is C12H23N. The highest BCUT2D eigenvalue weighted by Crippen LogP contribution is 2.36. The van der Waals surface area contributed by atoms with Crippen molar-refractivity contribution in [2.24, 2.45) is 17.8 Å². The molecule has 2 aliphatic rings. The van der Waals surface area contributed by atoms with Crippen LogP contribution in [-0.2, 0) is 0 Å². The highest BCUT2D eigenvalue weighted by molar-refractivity contribution is 4.85. The van der Waals surface area contributed by atoms with Gasteiger partial charge in [-0.25, -0.2) is 0 Å². The summed E-state index contributed by atoms with van der Waals surface area (Å²) < 4.78 is 0. The summed E-state index contributed by atoms with van der Waals surface area (Å²) in [6.45, 7) is 8.85. The Labute approximate surface area is 82.5 Å². The second-order valence-corrected chi connectivity index (χ2v) is 5.28. The monoisotopic (exact) mass is 181 g/mol. The van der Waals surface area contributed by atoms with E-state index in [1.54, 1.807) is 0 Å². The van der Waals surface area contributed by atoms with Gasteiger partial charge in [-0.05, 0) is 37.0 Å². The van der Waals surface area contributed by atoms with Crippen molar-refractivity contribution in [2.45, 2.75) is 39.5 Å². The Balaban J connectivity index is 1.81. The van der Waals surface area contributed by atoms with Gasteiger partial charge in [0.05, 0.1) is 0 Å². The highest BCUT2D eigenvalue weighted by Gasteiger charge is 2.32. The molecular weight excluding hydrogens is 158 g/mol. The Bertz CT molecular complexity index is 155. The minimum Gasteiger partial charge on any atom is -0.303 e. The molecule has 1 nitrogen and oxygen atoms in total. The smallest absolute Gasteiger partial charge is 0.001000 e. The molecule has 0 aromatic rings. The molecule has 13 heavy (non-hydrogen) atoms. The standard InChI is InChI=1S/C12H23N/c1-3-10(2)7-13-8-11-4-5-12(6-11)9-13/h10-12H,3-9H2,1-2H3. The van der Waals surface area contributed by atoms with Gasteiger partial charge in [-0.1, -0.05) is 20.3 Å². The SMILES string of the molecule is CCC(C)CN1CC2CCC(C2)C1. The van der Waals surface area contributed by atoms with Gasteiger partial charge in [-0.2, -0.15) is 0 Å². The van der Waals surface area contributed by atoms with Gasteiger partial charge in [0.1, 0.15) is 0 Å². The predicted octanol–water partition coefficient (Wildman–Crippen LogP) is 2.76. The van der Waals surface area contributed by atoms with Crippen molar-refractivity contribution in [2.75, 3.05) is 19.6 Å². The van der Waals surface area contributed by atoms with E-state index in [2.05, 4.69) is 18.7 Å². The van der Waals surface area contributed by atoms with Crippen LogP contribution >= 0.6 is 0 Å². The normalized spacial score (nSPS) is 36.5. The van der Waals surface area contributed by atoms with E-state index in [0.29, 0.717) is 0 Å². The summed E-state index contributed by atoms with van der Waals surface area (Å²) in [5.41, 5.74) is 0. The van der Waals surface area contributed by atoms with E-state index in [1.165, 1.54) is 45.3 Å². The molecule has 0 amide bonds. The maximum atomic E-state index is 2.72. The van der Waals surface area contributed by atoms with E-state index < -0.39 is 0 Å². The maximum absolute atomic E-state index is 2.72. The molecule has 2 rings (SSSR count). The Morgan fingerprint density at radius 3 is 2.38 bits per heavy atom. The molecule has 1 saturated heterocycles. The van der Waals surface area contributed by atoms with Gasteiger partial charge >= 0.3 is 0 Å². The zero-order chi connectivity index (χ0) is 9.26. The van der Waals surface area contributed by atoms with Gasteiger partial charge in [0, 0.05) is 19.6 Å². The lowest BCUT2D eigenvalue weighted by molar-refractivity contribution is 0.147. The first-order valence-corrected chi connectivity index (χ1v) is 6.00. The molecule has 0 aromatic heterocycles. The number of fused-ring (bicyclic) bond motifs is 2. The van der Waals surface area contributed by atoms with Gasteiger partial charge in [0.15, 0.2) is 0 Å². The van der Waals surface area contributed by atoms with Crippen molar-refractivity contribution in [3.8, 4) is 0 Å². The topological polar surface area (TPSA) is 3.24 Å². The van der Waals surface area contributed by atoms with E-state index in [-0.39, 0.29) is 0 Å². The first-order chi connectivity index (χ1) is 6.28. The summed E-state index contributed by atoms with van der Waals surface area (Å²) in [7, 11) is 0. The molecule has 3 unspecified atom stereocenters. The Kier molecular flexibility index (Phi) is 2.92. The number of piperidine rings is 1. The third kappa shape index (κ3) is 2.25. The molecule has 1 aliphatic heterocycles. The largest absolute Gasteiger partial charge is 0.303 e. The fourth-order valence-electron chi connectivity index (χ4n) is 3.03. The zero-order valence-corrected chi connectivity index (χ0v) is 9.13. The van der Waals surface area contributed by atoms with Crippen LogP contribution in [-0.4, -0.2) is 24.5 Å². The highest BCUT2D eigenvalue weighted by atomic mass is 15.1. The van der Waals surface area contributed by atoms with E-state index in [9.17, 15) is 0 Å². The average molecular weight is 181 g/mol. The molecule has 1 heterocycles. The van der Waals surface area contributed by atoms with Gasteiger partial charge in [0.2, 0.25) is 0 Å². The van der Waals surface area contributed by atoms with Crippen molar-refractivity contribution in [3.63, 3.8) is 0 Å². The van der Waals surface area contributed by atoms with E-state index in [0.717, 1.165) is 17.8 Å². The number of hydrogen-bond donors (Lipinski definition) is 0. The lowest BCUT2D eigenvalue weighted by Gasteiger charge is -2.33. The maximum Gasteiger partial charge on any atom is 0.001000 e. The van der Waals surface area contributed by atoms with Gasteiger partial charge in [0.25, 0.3) is 0 Å². The van der Waals surface area contributed by atoms with Gasteiger partial charge < -0.3 is 4.90 Å². The molecule has 1 heteroatoms. The van der Waals surface area contributed by atoms with Crippen molar-refractivity contribution >= 4 is 0 Å². The molecule has 1 aliphatic carbocycles. The average Bonchev–Trinajstić information content (AvgIpc) is 2.46. The number of likely N-dealkylation sites (tertiary alicyclic amines) is 1. The van der Waals surface area contributed by atoms with Crippen LogP contribution in [0.1, 0.15) is 39.5 Å². The summed E-state index contributed by atoms with van der Waals surface area (Å²) in [6.07, 6.45) is 5.91. The Morgan fingerprint density at radius 1 is 1.23 bits per heavy atom. The van der Waals surface area contributed by atoms with Gasteiger partial charge in [-0.3, -0.25) is 0 Å². The molecule has 0 aromatic carbocycles. The number of hydrogen-bond acceptors (Lipinski definition) is 1. The number of nitrogens with zero attached hydrogens (tertiary/aromatic N) is 1. The first kappa shape index (κ1) is 9.51. The minimum atomic E-state index is 0.900. The van der Waals surface area contributed by atoms with Crippen molar-refractivity contribution in [1.29, 1.82) is 0 Å². The summed E-state index contributed by atoms with van der Waals surface area (Å²) in [5, 5.41) is 0. The predicted molar refractivity (Wildman–Crippen MR) is 56.7 cm³/mol. The molecule has 3 atom stereocenters. The summed E-state index contributed by atoms with van der Waals surface area (Å²) in [4.78, 5) is 2.72. The molecule has 76 valence electrons. The fourth-order valence-corrected chi connectivity index (χ4v) is 3.03. The molecule has 0 N–H and O–H groups in total. The second-order valence-electron chi connectivity index (χ2n) is 5.28. The van der Waals surface area contributed by atoms with Crippen LogP contribution in [0, 0.1) is 17.8 Å². The van der Waals surface area contributed by atoms with Crippen LogP contribution < -0.4 is 0 Å². The number of rotatable bonds is 3. The Morgan fingerprint density at radius 2 is 1.85 bits per heavy atom. The Hall–Kier alpha value is -0.0400. The lowest BCUT2D eigenvalue weighted by atomic mass is 9.97. The molecule has 1 saturated carbocycles. The molecule has 2 bridgehead atoms. The van der Waals surface area contributed by atoms with E-state index in [1.807, 2.05) is 0 Å². The van der Waals surface area contributed by atoms with Crippen LogP contribution in [0.5, 0.6) is 0 Å². The van der Waals surface area contributed by atoms with E-state index >= 15 is 0 Å². The quantitative estimate of drug-likeness (QED) is 0.647. The lowest BCUT2D eigenvalue weighted by Crippen LogP contribution is -2.38. The molecule has 2 fully saturated rings. The minimum absolute atomic E-state index is 0.900. The van der Waals surface area contributed by atoms with Crippen LogP contribution in [0.2, 0.25) is 0 Å². The fraction of sp³-hybridized carbons (Fsp3) is 1.00. The summed E-state index contributed by atoms with van der Waals surface area (Å²) in [6, 6.07) is 0. The van der Waals surface area contributed by atoms with Gasteiger partial charge in [-0.15, -0.1) is 0 Å². The summed E-state index contributed by atoms with van der Waals surface area (Å²) >= 11 is 0. The zero-order valence-electron chi connectivity index (χ0n) is 9.13. The van der Waals surface area contributed by atoms with Crippen LogP contribution in [0.15, 0.2) is 0 Å². The van der Waals surface area contributed by atoms with Crippen LogP contribution in [0.4, 0.5) is 0 Å². The molecule has 0 spiro atoms.